The van der Waals surface area contributed by atoms with Gasteiger partial charge in [-0.3, -0.25) is 9.59 Å². The number of hydrogen-bond acceptors (Lipinski definition) is 3. The molecule has 2 aromatic heterocycles. The fourth-order valence-electron chi connectivity index (χ4n) is 2.71. The minimum atomic E-state index is -0.835. The van der Waals surface area contributed by atoms with Crippen molar-refractivity contribution < 1.29 is 14.7 Å². The molecule has 1 atom stereocenters. The van der Waals surface area contributed by atoms with Gasteiger partial charge in [0.25, 0.3) is 5.91 Å². The number of imidazole rings is 1. The maximum atomic E-state index is 12.5. The SMILES string of the molecule is Cc1ccn2cc(C(=O)N3CCC[C@H](C(=O)O)C3)nc2c1. The van der Waals surface area contributed by atoms with Gasteiger partial charge in [-0.1, -0.05) is 0 Å². The second kappa shape index (κ2) is 5.20. The summed E-state index contributed by atoms with van der Waals surface area (Å²) in [5.74, 6) is -1.50. The maximum absolute atomic E-state index is 12.5. The lowest BCUT2D eigenvalue weighted by Gasteiger charge is -2.30. The number of hydrogen-bond donors (Lipinski definition) is 1. The predicted octanol–water partition coefficient (Wildman–Crippen LogP) is 1.58. The Morgan fingerprint density at radius 1 is 1.43 bits per heavy atom. The van der Waals surface area contributed by atoms with Gasteiger partial charge in [-0.25, -0.2) is 4.98 Å². The number of aromatic nitrogens is 2. The van der Waals surface area contributed by atoms with E-state index in [9.17, 15) is 9.59 Å². The molecule has 21 heavy (non-hydrogen) atoms. The first kappa shape index (κ1) is 13.6. The predicted molar refractivity (Wildman–Crippen MR) is 76.2 cm³/mol. The van der Waals surface area contributed by atoms with Crippen LogP contribution in [-0.2, 0) is 4.79 Å². The van der Waals surface area contributed by atoms with Crippen molar-refractivity contribution in [1.82, 2.24) is 14.3 Å². The van der Waals surface area contributed by atoms with Gasteiger partial charge in [0.2, 0.25) is 0 Å². The molecule has 6 nitrogen and oxygen atoms in total. The summed E-state index contributed by atoms with van der Waals surface area (Å²) >= 11 is 0. The van der Waals surface area contributed by atoms with E-state index >= 15 is 0 Å². The molecule has 0 aromatic carbocycles. The highest BCUT2D eigenvalue weighted by Crippen LogP contribution is 2.19. The highest BCUT2D eigenvalue weighted by atomic mass is 16.4. The van der Waals surface area contributed by atoms with Crippen LogP contribution in [0, 0.1) is 12.8 Å². The molecule has 0 unspecified atom stereocenters. The Hall–Kier alpha value is -2.37. The molecule has 2 aromatic rings. The van der Waals surface area contributed by atoms with Crippen LogP contribution in [0.5, 0.6) is 0 Å². The number of carboxylic acid groups (broad SMARTS) is 1. The number of likely N-dealkylation sites (tertiary alicyclic amines) is 1. The number of nitrogens with zero attached hydrogens (tertiary/aromatic N) is 3. The molecule has 1 saturated heterocycles. The van der Waals surface area contributed by atoms with E-state index in [-0.39, 0.29) is 12.5 Å². The van der Waals surface area contributed by atoms with Crippen LogP contribution in [0.15, 0.2) is 24.5 Å². The Bertz CT molecular complexity index is 707. The van der Waals surface area contributed by atoms with Crippen molar-refractivity contribution in [2.24, 2.45) is 5.92 Å². The maximum Gasteiger partial charge on any atom is 0.308 e. The number of pyridine rings is 1. The molecule has 0 saturated carbocycles. The van der Waals surface area contributed by atoms with Gasteiger partial charge in [-0.2, -0.15) is 0 Å². The summed E-state index contributed by atoms with van der Waals surface area (Å²) in [5, 5.41) is 9.10. The van der Waals surface area contributed by atoms with Crippen molar-refractivity contribution in [3.05, 3.63) is 35.8 Å². The standard InChI is InChI=1S/C15H17N3O3/c1-10-4-6-17-9-12(16-13(17)7-10)14(19)18-5-2-3-11(8-18)15(20)21/h4,6-7,9,11H,2-3,5,8H2,1H3,(H,20,21)/t11-/m0/s1. The number of piperidine rings is 1. The van der Waals surface area contributed by atoms with E-state index < -0.39 is 11.9 Å². The van der Waals surface area contributed by atoms with Gasteiger partial charge in [0.1, 0.15) is 11.3 Å². The van der Waals surface area contributed by atoms with Gasteiger partial charge in [-0.15, -0.1) is 0 Å². The van der Waals surface area contributed by atoms with Crippen LogP contribution in [-0.4, -0.2) is 44.4 Å². The zero-order valence-electron chi connectivity index (χ0n) is 11.8. The number of carbonyl (C=O) groups excluding carboxylic acids is 1. The van der Waals surface area contributed by atoms with Gasteiger partial charge < -0.3 is 14.4 Å². The fraction of sp³-hybridized carbons (Fsp3) is 0.400. The van der Waals surface area contributed by atoms with Crippen LogP contribution in [0.1, 0.15) is 28.9 Å². The normalized spacial score (nSPS) is 18.9. The summed E-state index contributed by atoms with van der Waals surface area (Å²) < 4.78 is 1.80. The Morgan fingerprint density at radius 2 is 2.24 bits per heavy atom. The zero-order chi connectivity index (χ0) is 15.0. The molecule has 1 amide bonds. The highest BCUT2D eigenvalue weighted by molar-refractivity contribution is 5.93. The third-order valence-electron chi connectivity index (χ3n) is 3.89. The number of rotatable bonds is 2. The van der Waals surface area contributed by atoms with E-state index in [1.165, 1.54) is 0 Å². The lowest BCUT2D eigenvalue weighted by molar-refractivity contribution is -0.143. The Kier molecular flexibility index (Phi) is 3.37. The zero-order valence-corrected chi connectivity index (χ0v) is 11.8. The molecule has 0 bridgehead atoms. The lowest BCUT2D eigenvalue weighted by atomic mass is 9.98. The van der Waals surface area contributed by atoms with Crippen molar-refractivity contribution >= 4 is 17.5 Å². The molecule has 1 aliphatic rings. The van der Waals surface area contributed by atoms with Crippen LogP contribution in [0.25, 0.3) is 5.65 Å². The number of fused-ring (bicyclic) bond motifs is 1. The number of amides is 1. The monoisotopic (exact) mass is 287 g/mol. The molecule has 1 N–H and O–H groups in total. The van der Waals surface area contributed by atoms with E-state index in [2.05, 4.69) is 4.98 Å². The molecule has 1 aliphatic heterocycles. The van der Waals surface area contributed by atoms with Crippen molar-refractivity contribution in [3.63, 3.8) is 0 Å². The summed E-state index contributed by atoms with van der Waals surface area (Å²) in [6, 6.07) is 3.86. The van der Waals surface area contributed by atoms with E-state index in [0.29, 0.717) is 18.7 Å². The topological polar surface area (TPSA) is 74.9 Å². The number of carboxylic acids is 1. The Labute approximate surface area is 122 Å². The first-order chi connectivity index (χ1) is 10.0. The van der Waals surface area contributed by atoms with Crippen molar-refractivity contribution in [1.29, 1.82) is 0 Å². The van der Waals surface area contributed by atoms with Crippen molar-refractivity contribution in [3.8, 4) is 0 Å². The molecule has 1 fully saturated rings. The minimum Gasteiger partial charge on any atom is -0.481 e. The van der Waals surface area contributed by atoms with Crippen LogP contribution in [0.3, 0.4) is 0 Å². The quantitative estimate of drug-likeness (QED) is 0.910. The van der Waals surface area contributed by atoms with Crippen LogP contribution >= 0.6 is 0 Å². The molecule has 6 heteroatoms. The molecular formula is C15H17N3O3. The van der Waals surface area contributed by atoms with Gasteiger partial charge in [0, 0.05) is 25.5 Å². The molecule has 110 valence electrons. The first-order valence-corrected chi connectivity index (χ1v) is 7.02. The average Bonchev–Trinajstić information content (AvgIpc) is 2.89. The smallest absolute Gasteiger partial charge is 0.308 e. The van der Waals surface area contributed by atoms with Crippen LogP contribution in [0.2, 0.25) is 0 Å². The summed E-state index contributed by atoms with van der Waals surface area (Å²) in [6.07, 6.45) is 4.91. The summed E-state index contributed by atoms with van der Waals surface area (Å²) in [6.45, 7) is 2.83. The Balaban J connectivity index is 1.84. The third-order valence-corrected chi connectivity index (χ3v) is 3.89. The molecule has 0 radical (unpaired) electrons. The van der Waals surface area contributed by atoms with Gasteiger partial charge in [0.05, 0.1) is 5.92 Å². The van der Waals surface area contributed by atoms with Crippen LogP contribution in [0.4, 0.5) is 0 Å². The van der Waals surface area contributed by atoms with Gasteiger partial charge in [0.15, 0.2) is 0 Å². The molecule has 0 spiro atoms. The largest absolute Gasteiger partial charge is 0.481 e. The average molecular weight is 287 g/mol. The molecule has 3 heterocycles. The van der Waals surface area contributed by atoms with Gasteiger partial charge >= 0.3 is 5.97 Å². The molecule has 3 rings (SSSR count). The number of carbonyl (C=O) groups is 2. The molecular weight excluding hydrogens is 270 g/mol. The highest BCUT2D eigenvalue weighted by Gasteiger charge is 2.29. The second-order valence-electron chi connectivity index (χ2n) is 5.52. The number of aliphatic carboxylic acids is 1. The van der Waals surface area contributed by atoms with E-state index in [1.54, 1.807) is 15.5 Å². The lowest BCUT2D eigenvalue weighted by Crippen LogP contribution is -2.42. The van der Waals surface area contributed by atoms with Crippen molar-refractivity contribution in [2.75, 3.05) is 13.1 Å². The Morgan fingerprint density at radius 3 is 3.00 bits per heavy atom. The van der Waals surface area contributed by atoms with E-state index in [4.69, 9.17) is 5.11 Å². The van der Waals surface area contributed by atoms with Crippen LogP contribution < -0.4 is 0 Å². The second-order valence-corrected chi connectivity index (χ2v) is 5.52. The molecule has 0 aliphatic carbocycles. The van der Waals surface area contributed by atoms with Gasteiger partial charge in [-0.05, 0) is 37.5 Å². The van der Waals surface area contributed by atoms with Crippen molar-refractivity contribution in [2.45, 2.75) is 19.8 Å². The summed E-state index contributed by atoms with van der Waals surface area (Å²) in [4.78, 5) is 29.5. The first-order valence-electron chi connectivity index (χ1n) is 7.02. The van der Waals surface area contributed by atoms with E-state index in [1.807, 2.05) is 25.3 Å². The summed E-state index contributed by atoms with van der Waals surface area (Å²) in [7, 11) is 0. The summed E-state index contributed by atoms with van der Waals surface area (Å²) in [5.41, 5.74) is 2.17. The van der Waals surface area contributed by atoms with E-state index in [0.717, 1.165) is 17.6 Å². The fourth-order valence-corrected chi connectivity index (χ4v) is 2.71. The number of aryl methyl sites for hydroxylation is 1. The minimum absolute atomic E-state index is 0.192. The third kappa shape index (κ3) is 2.61.